The lowest BCUT2D eigenvalue weighted by Crippen LogP contribution is -2.31. The Balaban J connectivity index is 1.87. The van der Waals surface area contributed by atoms with Gasteiger partial charge in [-0.15, -0.1) is 4.73 Å². The van der Waals surface area contributed by atoms with E-state index in [2.05, 4.69) is 5.32 Å². The molecule has 0 amide bonds. The summed E-state index contributed by atoms with van der Waals surface area (Å²) in [6.45, 7) is 3.66. The average Bonchev–Trinajstić information content (AvgIpc) is 2.76. The van der Waals surface area contributed by atoms with Crippen LogP contribution in [0.15, 0.2) is 47.3 Å². The summed E-state index contributed by atoms with van der Waals surface area (Å²) in [5, 5.41) is 4.11. The van der Waals surface area contributed by atoms with Gasteiger partial charge in [-0.1, -0.05) is 12.1 Å². The summed E-state index contributed by atoms with van der Waals surface area (Å²) >= 11 is 0. The molecule has 1 fully saturated rings. The van der Waals surface area contributed by atoms with Gasteiger partial charge in [-0.25, -0.2) is 4.98 Å². The average molecular weight is 395 g/mol. The number of para-hydroxylation sites is 1. The monoisotopic (exact) mass is 395 g/mol. The quantitative estimate of drug-likeness (QED) is 0.691. The van der Waals surface area contributed by atoms with Crippen molar-refractivity contribution in [3.8, 4) is 17.1 Å². The Morgan fingerprint density at radius 2 is 2.00 bits per heavy atom. The fourth-order valence-electron chi connectivity index (χ4n) is 3.56. The Bertz CT molecular complexity index is 1060. The number of ether oxygens (including phenoxy) is 2. The zero-order chi connectivity index (χ0) is 20.2. The molecule has 7 nitrogen and oxygen atoms in total. The van der Waals surface area contributed by atoms with Crippen LogP contribution in [0, 0.1) is 0 Å². The van der Waals surface area contributed by atoms with Crippen molar-refractivity contribution in [2.45, 2.75) is 25.8 Å². The van der Waals surface area contributed by atoms with Crippen molar-refractivity contribution in [1.82, 2.24) is 9.71 Å². The lowest BCUT2D eigenvalue weighted by molar-refractivity contribution is 0.0904. The van der Waals surface area contributed by atoms with E-state index < -0.39 is 0 Å². The molecule has 1 N–H and O–H groups in total. The maximum Gasteiger partial charge on any atom is 0.294 e. The third-order valence-electron chi connectivity index (χ3n) is 5.04. The van der Waals surface area contributed by atoms with E-state index in [1.54, 1.807) is 13.2 Å². The van der Waals surface area contributed by atoms with Crippen LogP contribution in [-0.2, 0) is 4.74 Å². The van der Waals surface area contributed by atoms with Crippen molar-refractivity contribution in [1.29, 1.82) is 0 Å². The van der Waals surface area contributed by atoms with Crippen LogP contribution in [0.5, 0.6) is 5.75 Å². The van der Waals surface area contributed by atoms with E-state index in [0.29, 0.717) is 23.3 Å². The Hall–Kier alpha value is -3.06. The molecule has 2 heterocycles. The van der Waals surface area contributed by atoms with Crippen molar-refractivity contribution in [3.05, 3.63) is 52.8 Å². The predicted octanol–water partition coefficient (Wildman–Crippen LogP) is 3.11. The topological polar surface area (TPSA) is 74.6 Å². The maximum atomic E-state index is 13.1. The van der Waals surface area contributed by atoms with Crippen LogP contribution >= 0.6 is 0 Å². The summed E-state index contributed by atoms with van der Waals surface area (Å²) in [4.78, 5) is 23.5. The zero-order valence-corrected chi connectivity index (χ0v) is 16.7. The molecule has 0 radical (unpaired) electrons. The lowest BCUT2D eigenvalue weighted by Gasteiger charge is -2.26. The minimum atomic E-state index is -0.222. The highest BCUT2D eigenvalue weighted by atomic mass is 16.7. The van der Waals surface area contributed by atoms with Gasteiger partial charge in [0, 0.05) is 36.6 Å². The molecule has 1 aromatic heterocycles. The van der Waals surface area contributed by atoms with Crippen LogP contribution < -0.4 is 20.5 Å². The normalized spacial score (nSPS) is 14.7. The van der Waals surface area contributed by atoms with Crippen LogP contribution in [0.4, 0.5) is 5.69 Å². The Morgan fingerprint density at radius 1 is 1.21 bits per heavy atom. The van der Waals surface area contributed by atoms with Gasteiger partial charge in [0.2, 0.25) is 0 Å². The largest absolute Gasteiger partial charge is 0.497 e. The van der Waals surface area contributed by atoms with Gasteiger partial charge in [-0.2, -0.15) is 0 Å². The first kappa shape index (κ1) is 19.3. The highest BCUT2D eigenvalue weighted by molar-refractivity contribution is 5.82. The van der Waals surface area contributed by atoms with Crippen molar-refractivity contribution in [3.63, 3.8) is 0 Å². The zero-order valence-electron chi connectivity index (χ0n) is 16.7. The summed E-state index contributed by atoms with van der Waals surface area (Å²) < 4.78 is 12.2. The number of fused-ring (bicyclic) bond motifs is 1. The lowest BCUT2D eigenvalue weighted by atomic mass is 10.1. The summed E-state index contributed by atoms with van der Waals surface area (Å²) in [5.41, 5.74) is 2.05. The molecule has 0 atom stereocenters. The standard InChI is InChI=1S/C22H25N3O4/c1-3-29-25-21(24-19-7-5-4-6-18(19)22(25)26)17-9-8-16(27-2)14-20(17)23-15-10-12-28-13-11-15/h4-9,14-15,23H,3,10-13H2,1-2H3. The molecule has 1 aliphatic rings. The van der Waals surface area contributed by atoms with Crippen molar-refractivity contribution in [2.24, 2.45) is 0 Å². The first-order valence-corrected chi connectivity index (χ1v) is 9.89. The summed E-state index contributed by atoms with van der Waals surface area (Å²) in [7, 11) is 1.64. The maximum absolute atomic E-state index is 13.1. The minimum absolute atomic E-state index is 0.222. The number of hydrogen-bond acceptors (Lipinski definition) is 6. The smallest absolute Gasteiger partial charge is 0.294 e. The van der Waals surface area contributed by atoms with Gasteiger partial charge in [0.1, 0.15) is 12.4 Å². The van der Waals surface area contributed by atoms with Crippen LogP contribution in [0.3, 0.4) is 0 Å². The fraction of sp³-hybridized carbons (Fsp3) is 0.364. The Labute approximate surface area is 169 Å². The van der Waals surface area contributed by atoms with Crippen LogP contribution in [0.25, 0.3) is 22.3 Å². The second-order valence-corrected chi connectivity index (χ2v) is 6.91. The van der Waals surface area contributed by atoms with Gasteiger partial charge in [-0.05, 0) is 44.0 Å². The second-order valence-electron chi connectivity index (χ2n) is 6.91. The summed E-state index contributed by atoms with van der Waals surface area (Å²) in [6, 6.07) is 13.3. The van der Waals surface area contributed by atoms with Crippen LogP contribution in [0.1, 0.15) is 19.8 Å². The van der Waals surface area contributed by atoms with E-state index in [9.17, 15) is 4.79 Å². The number of nitrogens with one attached hydrogen (secondary N) is 1. The molecule has 0 bridgehead atoms. The van der Waals surface area contributed by atoms with E-state index in [1.807, 2.05) is 43.3 Å². The molecular weight excluding hydrogens is 370 g/mol. The van der Waals surface area contributed by atoms with Gasteiger partial charge in [0.15, 0.2) is 5.82 Å². The fourth-order valence-corrected chi connectivity index (χ4v) is 3.56. The van der Waals surface area contributed by atoms with E-state index in [1.165, 1.54) is 4.73 Å². The first-order chi connectivity index (χ1) is 14.2. The molecule has 2 aromatic carbocycles. The number of rotatable bonds is 6. The minimum Gasteiger partial charge on any atom is -0.497 e. The highest BCUT2D eigenvalue weighted by Gasteiger charge is 2.20. The van der Waals surface area contributed by atoms with E-state index in [4.69, 9.17) is 19.3 Å². The molecular formula is C22H25N3O4. The number of methoxy groups -OCH3 is 1. The van der Waals surface area contributed by atoms with Gasteiger partial charge < -0.3 is 19.6 Å². The number of hydrogen-bond donors (Lipinski definition) is 1. The molecule has 152 valence electrons. The Morgan fingerprint density at radius 3 is 2.76 bits per heavy atom. The molecule has 1 saturated heterocycles. The van der Waals surface area contributed by atoms with E-state index in [-0.39, 0.29) is 11.6 Å². The van der Waals surface area contributed by atoms with Gasteiger partial charge >= 0.3 is 0 Å². The number of anilines is 1. The SMILES string of the molecule is CCOn1c(-c2ccc(OC)cc2NC2CCOCC2)nc2ccccc2c1=O. The van der Waals surface area contributed by atoms with Crippen LogP contribution in [0.2, 0.25) is 0 Å². The third-order valence-corrected chi connectivity index (χ3v) is 5.04. The van der Waals surface area contributed by atoms with Crippen LogP contribution in [-0.4, -0.2) is 42.7 Å². The molecule has 0 unspecified atom stereocenters. The number of nitrogens with zero attached hydrogens (tertiary/aromatic N) is 2. The first-order valence-electron chi connectivity index (χ1n) is 9.89. The van der Waals surface area contributed by atoms with Gasteiger partial charge in [-0.3, -0.25) is 4.79 Å². The molecule has 3 aromatic rings. The third kappa shape index (κ3) is 3.91. The second kappa shape index (κ2) is 8.53. The number of aromatic nitrogens is 2. The summed E-state index contributed by atoms with van der Waals surface area (Å²) in [6.07, 6.45) is 1.83. The molecule has 0 aliphatic carbocycles. The molecule has 0 spiro atoms. The molecule has 0 saturated carbocycles. The van der Waals surface area contributed by atoms with E-state index >= 15 is 0 Å². The van der Waals surface area contributed by atoms with Gasteiger partial charge in [0.05, 0.1) is 18.0 Å². The molecule has 1 aliphatic heterocycles. The Kier molecular flexibility index (Phi) is 5.67. The highest BCUT2D eigenvalue weighted by Crippen LogP contribution is 2.32. The predicted molar refractivity (Wildman–Crippen MR) is 113 cm³/mol. The van der Waals surface area contributed by atoms with Gasteiger partial charge in [0.25, 0.3) is 5.56 Å². The number of benzene rings is 2. The molecule has 29 heavy (non-hydrogen) atoms. The van der Waals surface area contributed by atoms with Crippen molar-refractivity contribution < 1.29 is 14.3 Å². The van der Waals surface area contributed by atoms with Crippen molar-refractivity contribution >= 4 is 16.6 Å². The molecule has 7 heteroatoms. The summed E-state index contributed by atoms with van der Waals surface area (Å²) in [5.74, 6) is 1.20. The van der Waals surface area contributed by atoms with Crippen molar-refractivity contribution in [2.75, 3.05) is 32.2 Å². The molecule has 4 rings (SSSR count). The van der Waals surface area contributed by atoms with E-state index in [0.717, 1.165) is 43.1 Å².